The second kappa shape index (κ2) is 6.88. The van der Waals surface area contributed by atoms with Crippen molar-refractivity contribution < 1.29 is 14.0 Å². The van der Waals surface area contributed by atoms with Gasteiger partial charge in [-0.2, -0.15) is 0 Å². The Hall–Kier alpha value is -2.60. The van der Waals surface area contributed by atoms with Crippen LogP contribution in [0.1, 0.15) is 11.1 Å². The summed E-state index contributed by atoms with van der Waals surface area (Å²) in [6, 6.07) is 13.4. The highest BCUT2D eigenvalue weighted by Crippen LogP contribution is 2.32. The second-order valence-electron chi connectivity index (χ2n) is 5.36. The quantitative estimate of drug-likeness (QED) is 0.845. The number of hydrogen-bond acceptors (Lipinski definition) is 4. The van der Waals surface area contributed by atoms with Crippen molar-refractivity contribution in [3.05, 3.63) is 70.4 Å². The number of halogens is 1. The van der Waals surface area contributed by atoms with Crippen molar-refractivity contribution in [2.45, 2.75) is 6.92 Å². The molecule has 1 fully saturated rings. The molecule has 1 heterocycles. The van der Waals surface area contributed by atoms with Gasteiger partial charge in [0.15, 0.2) is 0 Å². The van der Waals surface area contributed by atoms with Crippen LogP contribution in [0.3, 0.4) is 0 Å². The van der Waals surface area contributed by atoms with Crippen molar-refractivity contribution in [1.29, 1.82) is 0 Å². The van der Waals surface area contributed by atoms with Gasteiger partial charge in [-0.05, 0) is 54.6 Å². The van der Waals surface area contributed by atoms with Crippen LogP contribution in [0.5, 0.6) is 0 Å². The molecule has 1 aliphatic heterocycles. The molecule has 0 aliphatic carbocycles. The molecule has 0 radical (unpaired) electrons. The summed E-state index contributed by atoms with van der Waals surface area (Å²) in [5, 5.41) is 2.73. The van der Waals surface area contributed by atoms with Gasteiger partial charge in [0, 0.05) is 5.69 Å². The smallest absolute Gasteiger partial charge is 0.295 e. The summed E-state index contributed by atoms with van der Waals surface area (Å²) in [4.78, 5) is 25.9. The van der Waals surface area contributed by atoms with E-state index in [0.29, 0.717) is 10.5 Å². The maximum Gasteiger partial charge on any atom is 0.295 e. The lowest BCUT2D eigenvalue weighted by atomic mass is 10.2. The Morgan fingerprint density at radius 1 is 1.08 bits per heavy atom. The highest BCUT2D eigenvalue weighted by Gasteiger charge is 2.34. The largest absolute Gasteiger partial charge is 0.367 e. The van der Waals surface area contributed by atoms with Crippen LogP contribution in [0.4, 0.5) is 14.9 Å². The Bertz CT molecular complexity index is 801. The summed E-state index contributed by atoms with van der Waals surface area (Å²) in [6.07, 6.45) is 1.59. The fourth-order valence-corrected chi connectivity index (χ4v) is 3.03. The number of thioether (sulfide) groups is 1. The molecule has 0 bridgehead atoms. The summed E-state index contributed by atoms with van der Waals surface area (Å²) in [5.41, 5.74) is 2.64. The first-order valence-corrected chi connectivity index (χ1v) is 8.16. The summed E-state index contributed by atoms with van der Waals surface area (Å²) in [7, 11) is 0. The molecular formula is C18H15FN2O2S. The van der Waals surface area contributed by atoms with Gasteiger partial charge in [-0.25, -0.2) is 4.39 Å². The Morgan fingerprint density at radius 3 is 2.42 bits per heavy atom. The van der Waals surface area contributed by atoms with E-state index in [0.717, 1.165) is 27.9 Å². The zero-order valence-corrected chi connectivity index (χ0v) is 13.8. The van der Waals surface area contributed by atoms with Gasteiger partial charge in [-0.1, -0.05) is 29.8 Å². The van der Waals surface area contributed by atoms with Gasteiger partial charge in [0.2, 0.25) is 0 Å². The number of nitrogens with zero attached hydrogens (tertiary/aromatic N) is 1. The van der Waals surface area contributed by atoms with Crippen LogP contribution in [0.2, 0.25) is 0 Å². The summed E-state index contributed by atoms with van der Waals surface area (Å²) in [5.74, 6) is -0.698. The van der Waals surface area contributed by atoms with Crippen LogP contribution < -0.4 is 5.32 Å². The second-order valence-corrected chi connectivity index (χ2v) is 6.36. The van der Waals surface area contributed by atoms with Crippen LogP contribution in [0, 0.1) is 12.7 Å². The molecule has 0 spiro atoms. The molecule has 6 heteroatoms. The number of hydrogen-bond donors (Lipinski definition) is 1. The van der Waals surface area contributed by atoms with E-state index in [1.165, 1.54) is 12.1 Å². The minimum absolute atomic E-state index is 0.106. The molecule has 0 saturated carbocycles. The number of amides is 2. The van der Waals surface area contributed by atoms with E-state index in [9.17, 15) is 14.0 Å². The number of carbonyl (C=O) groups is 2. The Balaban J connectivity index is 1.69. The van der Waals surface area contributed by atoms with Crippen LogP contribution in [0.25, 0.3) is 6.08 Å². The van der Waals surface area contributed by atoms with Crippen LogP contribution in [-0.2, 0) is 4.79 Å². The molecule has 0 unspecified atom stereocenters. The maximum absolute atomic E-state index is 12.9. The van der Waals surface area contributed by atoms with Crippen LogP contribution in [0.15, 0.2) is 53.4 Å². The van der Waals surface area contributed by atoms with Gasteiger partial charge in [0.05, 0.1) is 11.6 Å². The first-order chi connectivity index (χ1) is 11.5. The molecule has 24 heavy (non-hydrogen) atoms. The molecule has 0 aromatic heterocycles. The van der Waals surface area contributed by atoms with E-state index in [1.807, 2.05) is 31.2 Å². The number of imide groups is 1. The molecule has 2 amide bonds. The molecule has 1 N–H and O–H groups in total. The summed E-state index contributed by atoms with van der Waals surface area (Å²) >= 11 is 0.883. The summed E-state index contributed by atoms with van der Waals surface area (Å²) < 4.78 is 12.9. The van der Waals surface area contributed by atoms with Gasteiger partial charge < -0.3 is 5.32 Å². The zero-order valence-electron chi connectivity index (χ0n) is 13.0. The Kier molecular flexibility index (Phi) is 4.66. The van der Waals surface area contributed by atoms with Crippen molar-refractivity contribution >= 4 is 34.7 Å². The highest BCUT2D eigenvalue weighted by molar-refractivity contribution is 8.18. The van der Waals surface area contributed by atoms with Crippen molar-refractivity contribution in [1.82, 2.24) is 4.90 Å². The van der Waals surface area contributed by atoms with E-state index in [1.54, 1.807) is 18.2 Å². The Morgan fingerprint density at radius 2 is 1.75 bits per heavy atom. The van der Waals surface area contributed by atoms with E-state index in [2.05, 4.69) is 5.32 Å². The standard InChI is InChI=1S/C18H15FN2O2S/c1-12-2-8-15(9-3-12)20-11-21-17(22)16(24-18(21)23)10-13-4-6-14(19)7-5-13/h2-10,20H,11H2,1H3/b16-10-. The minimum Gasteiger partial charge on any atom is -0.367 e. The lowest BCUT2D eigenvalue weighted by Crippen LogP contribution is -2.33. The average molecular weight is 342 g/mol. The predicted molar refractivity (Wildman–Crippen MR) is 93.9 cm³/mol. The Labute approximate surface area is 143 Å². The number of rotatable bonds is 4. The number of anilines is 1. The number of benzene rings is 2. The maximum atomic E-state index is 12.9. The van der Waals surface area contributed by atoms with Crippen LogP contribution in [-0.4, -0.2) is 22.7 Å². The molecule has 3 rings (SSSR count). The van der Waals surface area contributed by atoms with Crippen LogP contribution >= 0.6 is 11.8 Å². The first-order valence-electron chi connectivity index (χ1n) is 7.34. The van der Waals surface area contributed by atoms with Crippen molar-refractivity contribution in [3.63, 3.8) is 0 Å². The lowest BCUT2D eigenvalue weighted by molar-refractivity contribution is -0.122. The van der Waals surface area contributed by atoms with Crippen molar-refractivity contribution in [3.8, 4) is 0 Å². The average Bonchev–Trinajstić information content (AvgIpc) is 2.83. The zero-order chi connectivity index (χ0) is 17.1. The third-order valence-electron chi connectivity index (χ3n) is 3.53. The van der Waals surface area contributed by atoms with Crippen molar-refractivity contribution in [2.24, 2.45) is 0 Å². The lowest BCUT2D eigenvalue weighted by Gasteiger charge is -2.14. The van der Waals surface area contributed by atoms with E-state index < -0.39 is 0 Å². The van der Waals surface area contributed by atoms with Gasteiger partial charge in [-0.15, -0.1) is 0 Å². The number of carbonyl (C=O) groups excluding carboxylic acids is 2. The van der Waals surface area contributed by atoms with Gasteiger partial charge >= 0.3 is 0 Å². The minimum atomic E-state index is -0.353. The molecular weight excluding hydrogens is 327 g/mol. The highest BCUT2D eigenvalue weighted by atomic mass is 32.2. The first kappa shape index (κ1) is 16.3. The number of aryl methyl sites for hydroxylation is 1. The molecule has 1 aliphatic rings. The molecule has 2 aromatic carbocycles. The third kappa shape index (κ3) is 3.65. The predicted octanol–water partition coefficient (Wildman–Crippen LogP) is 4.24. The monoisotopic (exact) mass is 342 g/mol. The fraction of sp³-hybridized carbons (Fsp3) is 0.111. The summed E-state index contributed by atoms with van der Waals surface area (Å²) in [6.45, 7) is 2.09. The molecule has 0 atom stereocenters. The molecule has 2 aromatic rings. The van der Waals surface area contributed by atoms with Gasteiger partial charge in [-0.3, -0.25) is 14.5 Å². The SMILES string of the molecule is Cc1ccc(NCN2C(=O)S/C(=C\c3ccc(F)cc3)C2=O)cc1. The normalized spacial score (nSPS) is 16.1. The fourth-order valence-electron chi connectivity index (χ4n) is 2.19. The van der Waals surface area contributed by atoms with E-state index in [4.69, 9.17) is 0 Å². The molecule has 122 valence electrons. The van der Waals surface area contributed by atoms with Gasteiger partial charge in [0.25, 0.3) is 11.1 Å². The van der Waals surface area contributed by atoms with Gasteiger partial charge in [0.1, 0.15) is 5.82 Å². The topological polar surface area (TPSA) is 49.4 Å². The molecule has 1 saturated heterocycles. The number of nitrogens with one attached hydrogen (secondary N) is 1. The van der Waals surface area contributed by atoms with E-state index >= 15 is 0 Å². The molecule has 4 nitrogen and oxygen atoms in total. The van der Waals surface area contributed by atoms with Crippen molar-refractivity contribution in [2.75, 3.05) is 12.0 Å². The van der Waals surface area contributed by atoms with E-state index in [-0.39, 0.29) is 23.6 Å². The third-order valence-corrected chi connectivity index (χ3v) is 4.44.